The maximum absolute atomic E-state index is 6.02. The highest BCUT2D eigenvalue weighted by molar-refractivity contribution is 14.1. The molecular weight excluding hydrogens is 471 g/mol. The van der Waals surface area contributed by atoms with Crippen LogP contribution in [0.4, 0.5) is 0 Å². The Hall–Kier alpha value is -1.23. The third kappa shape index (κ3) is 5.48. The number of ether oxygens (including phenoxy) is 2. The molecule has 0 unspecified atom stereocenters. The van der Waals surface area contributed by atoms with Gasteiger partial charge in [0.25, 0.3) is 0 Å². The van der Waals surface area contributed by atoms with Gasteiger partial charge in [-0.15, -0.1) is 0 Å². The highest BCUT2D eigenvalue weighted by Gasteiger charge is 2.20. The Labute approximate surface area is 191 Å². The topological polar surface area (TPSA) is 18.5 Å². The summed E-state index contributed by atoms with van der Waals surface area (Å²) in [5.74, 6) is 2.58. The molecule has 0 amide bonds. The largest absolute Gasteiger partial charge is 0.493 e. The smallest absolute Gasteiger partial charge is 0.125 e. The van der Waals surface area contributed by atoms with E-state index in [2.05, 4.69) is 88.4 Å². The van der Waals surface area contributed by atoms with E-state index in [4.69, 9.17) is 9.47 Å². The Bertz CT molecular complexity index is 682. The zero-order valence-electron chi connectivity index (χ0n) is 19.0. The van der Waals surface area contributed by atoms with Gasteiger partial charge in [-0.2, -0.15) is 0 Å². The average molecular weight is 508 g/mol. The van der Waals surface area contributed by atoms with Crippen LogP contribution in [0.3, 0.4) is 0 Å². The summed E-state index contributed by atoms with van der Waals surface area (Å²) in [6.45, 7) is 14.5. The average Bonchev–Trinajstić information content (AvgIpc) is 2.75. The fourth-order valence-electron chi connectivity index (χ4n) is 4.05. The fourth-order valence-corrected chi connectivity index (χ4v) is 5.06. The third-order valence-corrected chi connectivity index (χ3v) is 6.47. The van der Waals surface area contributed by atoms with Crippen LogP contribution in [-0.2, 0) is 25.7 Å². The lowest BCUT2D eigenvalue weighted by molar-refractivity contribution is 0.333. The van der Waals surface area contributed by atoms with Crippen LogP contribution in [0.2, 0.25) is 0 Å². The first kappa shape index (κ1) is 24.0. The second-order valence-electron chi connectivity index (χ2n) is 7.32. The van der Waals surface area contributed by atoms with E-state index in [9.17, 15) is 0 Å². The quantitative estimate of drug-likeness (QED) is 0.234. The molecule has 0 aliphatic carbocycles. The zero-order valence-corrected chi connectivity index (χ0v) is 21.2. The molecule has 2 nitrogen and oxygen atoms in total. The molecule has 0 spiro atoms. The number of alkyl halides is 1. The van der Waals surface area contributed by atoms with E-state index in [0.717, 1.165) is 41.6 Å². The molecule has 0 radical (unpaired) electrons. The van der Waals surface area contributed by atoms with Crippen LogP contribution in [0.15, 0.2) is 24.3 Å². The third-order valence-electron chi connectivity index (χ3n) is 5.59. The van der Waals surface area contributed by atoms with Gasteiger partial charge in [0, 0.05) is 10.3 Å². The first-order valence-electron chi connectivity index (χ1n) is 11.2. The standard InChI is InChI=1S/C26H37IO2/c1-7-18-13-22(14-19(8-2)25(18)28-11-5)24(17-27)23-15-20(9-3)26(29-12-6)21(10-4)16-23/h13-16,24H,7-12,17H2,1-6H3. The molecular formula is C26H37IO2. The monoisotopic (exact) mass is 508 g/mol. The molecule has 0 fully saturated rings. The minimum Gasteiger partial charge on any atom is -0.493 e. The van der Waals surface area contributed by atoms with Crippen molar-refractivity contribution in [2.75, 3.05) is 17.6 Å². The highest BCUT2D eigenvalue weighted by Crippen LogP contribution is 2.37. The van der Waals surface area contributed by atoms with Crippen LogP contribution >= 0.6 is 22.6 Å². The predicted molar refractivity (Wildman–Crippen MR) is 133 cm³/mol. The minimum absolute atomic E-state index is 0.383. The summed E-state index contributed by atoms with van der Waals surface area (Å²) in [4.78, 5) is 0. The normalized spacial score (nSPS) is 11.2. The molecule has 0 heterocycles. The van der Waals surface area contributed by atoms with Crippen molar-refractivity contribution in [1.82, 2.24) is 0 Å². The molecule has 0 bridgehead atoms. The molecule has 0 atom stereocenters. The van der Waals surface area contributed by atoms with Gasteiger partial charge in [-0.05, 0) is 72.9 Å². The van der Waals surface area contributed by atoms with E-state index in [1.54, 1.807) is 0 Å². The van der Waals surface area contributed by atoms with Gasteiger partial charge in [0.15, 0.2) is 0 Å². The summed E-state index contributed by atoms with van der Waals surface area (Å²) in [5.41, 5.74) is 8.12. The summed E-state index contributed by atoms with van der Waals surface area (Å²) in [6.07, 6.45) is 3.98. The number of aryl methyl sites for hydroxylation is 4. The second kappa shape index (κ2) is 11.8. The minimum atomic E-state index is 0.383. The van der Waals surface area contributed by atoms with Gasteiger partial charge in [-0.3, -0.25) is 0 Å². The van der Waals surface area contributed by atoms with Gasteiger partial charge in [0.2, 0.25) is 0 Å². The Kier molecular flexibility index (Phi) is 9.81. The summed E-state index contributed by atoms with van der Waals surface area (Å²) in [5, 5.41) is 0. The Morgan fingerprint density at radius 1 is 0.621 bits per heavy atom. The van der Waals surface area contributed by atoms with E-state index >= 15 is 0 Å². The van der Waals surface area contributed by atoms with Crippen molar-refractivity contribution in [1.29, 1.82) is 0 Å². The van der Waals surface area contributed by atoms with Crippen LogP contribution in [0.1, 0.15) is 80.8 Å². The molecule has 3 heteroatoms. The molecule has 0 N–H and O–H groups in total. The van der Waals surface area contributed by atoms with Gasteiger partial charge in [-0.1, -0.05) is 74.6 Å². The number of halogens is 1. The predicted octanol–water partition coefficient (Wildman–Crippen LogP) is 7.30. The number of rotatable bonds is 11. The number of hydrogen-bond donors (Lipinski definition) is 0. The van der Waals surface area contributed by atoms with E-state index in [1.807, 2.05) is 0 Å². The molecule has 29 heavy (non-hydrogen) atoms. The molecule has 160 valence electrons. The molecule has 0 aliphatic rings. The van der Waals surface area contributed by atoms with E-state index in [0.29, 0.717) is 19.1 Å². The van der Waals surface area contributed by atoms with Gasteiger partial charge in [0.1, 0.15) is 11.5 Å². The maximum Gasteiger partial charge on any atom is 0.125 e. The highest BCUT2D eigenvalue weighted by atomic mass is 127. The van der Waals surface area contributed by atoms with Crippen molar-refractivity contribution >= 4 is 22.6 Å². The molecule has 0 aromatic heterocycles. The van der Waals surface area contributed by atoms with Crippen molar-refractivity contribution < 1.29 is 9.47 Å². The van der Waals surface area contributed by atoms with E-state index < -0.39 is 0 Å². The Balaban J connectivity index is 2.61. The Morgan fingerprint density at radius 3 is 1.14 bits per heavy atom. The first-order chi connectivity index (χ1) is 14.1. The van der Waals surface area contributed by atoms with Gasteiger partial charge in [0.05, 0.1) is 13.2 Å². The van der Waals surface area contributed by atoms with Crippen molar-refractivity contribution in [2.24, 2.45) is 0 Å². The van der Waals surface area contributed by atoms with Crippen molar-refractivity contribution in [3.8, 4) is 11.5 Å². The second-order valence-corrected chi connectivity index (χ2v) is 8.20. The SMILES string of the molecule is CCOc1c(CC)cc(C(CI)c2cc(CC)c(OCC)c(CC)c2)cc1CC. The molecule has 0 saturated heterocycles. The summed E-state index contributed by atoms with van der Waals surface area (Å²) in [7, 11) is 0. The molecule has 0 saturated carbocycles. The molecule has 2 rings (SSSR count). The summed E-state index contributed by atoms with van der Waals surface area (Å²) < 4.78 is 13.1. The van der Waals surface area contributed by atoms with Crippen molar-refractivity contribution in [3.05, 3.63) is 57.6 Å². The van der Waals surface area contributed by atoms with Crippen molar-refractivity contribution in [2.45, 2.75) is 73.1 Å². The van der Waals surface area contributed by atoms with Crippen LogP contribution < -0.4 is 9.47 Å². The lowest BCUT2D eigenvalue weighted by Gasteiger charge is -2.23. The Morgan fingerprint density at radius 2 is 0.931 bits per heavy atom. The van der Waals surface area contributed by atoms with Gasteiger partial charge in [-0.25, -0.2) is 0 Å². The zero-order chi connectivity index (χ0) is 21.4. The molecule has 2 aromatic carbocycles. The lowest BCUT2D eigenvalue weighted by atomic mass is 9.86. The van der Waals surface area contributed by atoms with Crippen LogP contribution in [-0.4, -0.2) is 17.6 Å². The van der Waals surface area contributed by atoms with E-state index in [-0.39, 0.29) is 0 Å². The first-order valence-corrected chi connectivity index (χ1v) is 12.7. The summed E-state index contributed by atoms with van der Waals surface area (Å²) >= 11 is 2.54. The van der Waals surface area contributed by atoms with Gasteiger partial charge >= 0.3 is 0 Å². The fraction of sp³-hybridized carbons (Fsp3) is 0.538. The molecule has 2 aromatic rings. The number of benzene rings is 2. The van der Waals surface area contributed by atoms with Crippen LogP contribution in [0.5, 0.6) is 11.5 Å². The van der Waals surface area contributed by atoms with E-state index in [1.165, 1.54) is 33.4 Å². The van der Waals surface area contributed by atoms with Crippen LogP contribution in [0, 0.1) is 0 Å². The maximum atomic E-state index is 6.02. The molecule has 0 aliphatic heterocycles. The van der Waals surface area contributed by atoms with Crippen molar-refractivity contribution in [3.63, 3.8) is 0 Å². The summed E-state index contributed by atoms with van der Waals surface area (Å²) in [6, 6.07) is 9.50. The van der Waals surface area contributed by atoms with Gasteiger partial charge < -0.3 is 9.47 Å². The number of hydrogen-bond acceptors (Lipinski definition) is 2. The van der Waals surface area contributed by atoms with Crippen LogP contribution in [0.25, 0.3) is 0 Å². The lowest BCUT2D eigenvalue weighted by Crippen LogP contribution is -2.09.